The van der Waals surface area contributed by atoms with Gasteiger partial charge in [0.15, 0.2) is 18.1 Å². The van der Waals surface area contributed by atoms with E-state index in [2.05, 4.69) is 5.32 Å². The number of fused-ring (bicyclic) bond motifs is 1. The first kappa shape index (κ1) is 20.9. The van der Waals surface area contributed by atoms with Gasteiger partial charge in [-0.05, 0) is 29.8 Å². The minimum atomic E-state index is -1.68. The van der Waals surface area contributed by atoms with Gasteiger partial charge < -0.3 is 35.5 Å². The van der Waals surface area contributed by atoms with Crippen LogP contribution < -0.4 is 16.0 Å². The van der Waals surface area contributed by atoms with Crippen molar-refractivity contribution >= 4 is 34.0 Å². The summed E-state index contributed by atoms with van der Waals surface area (Å²) in [7, 11) is 1.73. The maximum atomic E-state index is 13.0. The van der Waals surface area contributed by atoms with Crippen LogP contribution in [0.25, 0.3) is 10.8 Å². The molecule has 1 aliphatic heterocycles. The van der Waals surface area contributed by atoms with E-state index in [1.54, 1.807) is 60.3 Å². The number of hydrogen-bond donors (Lipinski definition) is 4. The van der Waals surface area contributed by atoms with Gasteiger partial charge in [-0.15, -0.1) is 0 Å². The number of rotatable bonds is 5. The number of aryl methyl sites for hydroxylation is 1. The summed E-state index contributed by atoms with van der Waals surface area (Å²) >= 11 is 0. The van der Waals surface area contributed by atoms with Crippen LogP contribution in [0.15, 0.2) is 48.7 Å². The van der Waals surface area contributed by atoms with Crippen LogP contribution in [0.1, 0.15) is 5.56 Å². The standard InChI is InChI=1S/C22H24N4O5/c1-25-12-14-4-7-16(10-17(14)21(25)29)26-8-9-31-19(22(26)30)18(27)20(28)24-15-5-2-13(11-23)3-6-15/h2-7,10,12,18-19,27,29H,8-9,11,23H2,1H3,(H,24,28)/t18-,19-/m1/s1. The number of aromatic hydroxyl groups is 1. The van der Waals surface area contributed by atoms with Gasteiger partial charge in [0.1, 0.15) is 0 Å². The van der Waals surface area contributed by atoms with Crippen LogP contribution in [-0.2, 0) is 27.9 Å². The lowest BCUT2D eigenvalue weighted by Crippen LogP contribution is -2.55. The highest BCUT2D eigenvalue weighted by Gasteiger charge is 2.39. The molecule has 0 unspecified atom stereocenters. The molecule has 2 heterocycles. The number of nitrogens with one attached hydrogen (secondary N) is 1. The summed E-state index contributed by atoms with van der Waals surface area (Å²) in [4.78, 5) is 27.0. The lowest BCUT2D eigenvalue weighted by Gasteiger charge is -2.34. The number of nitrogens with two attached hydrogens (primary N) is 1. The van der Waals surface area contributed by atoms with Crippen molar-refractivity contribution < 1.29 is 24.5 Å². The molecule has 4 rings (SSSR count). The maximum absolute atomic E-state index is 13.0. The van der Waals surface area contributed by atoms with Gasteiger partial charge in [0.2, 0.25) is 0 Å². The van der Waals surface area contributed by atoms with Gasteiger partial charge >= 0.3 is 0 Å². The van der Waals surface area contributed by atoms with Crippen LogP contribution in [0.4, 0.5) is 11.4 Å². The number of nitrogens with zero attached hydrogens (tertiary/aromatic N) is 2. The molecular weight excluding hydrogens is 400 g/mol. The Morgan fingerprint density at radius 2 is 2.03 bits per heavy atom. The van der Waals surface area contributed by atoms with Crippen LogP contribution in [0.2, 0.25) is 0 Å². The van der Waals surface area contributed by atoms with Crippen LogP contribution in [0.5, 0.6) is 5.88 Å². The number of aliphatic hydroxyl groups excluding tert-OH is 1. The average molecular weight is 424 g/mol. The SMILES string of the molecule is Cn1cc2ccc(N3CCO[C@H]([C@@H](O)C(=O)Nc4ccc(CN)cc4)C3=O)cc2c1O. The predicted molar refractivity (Wildman–Crippen MR) is 116 cm³/mol. The molecule has 31 heavy (non-hydrogen) atoms. The number of amides is 2. The minimum absolute atomic E-state index is 0.0918. The number of anilines is 2. The Bertz CT molecular complexity index is 1120. The number of carbonyl (C=O) groups is 2. The number of carbonyl (C=O) groups excluding carboxylic acids is 2. The largest absolute Gasteiger partial charge is 0.494 e. The average Bonchev–Trinajstić information content (AvgIpc) is 3.07. The highest BCUT2D eigenvalue weighted by Crippen LogP contribution is 2.31. The van der Waals surface area contributed by atoms with Gasteiger partial charge in [-0.3, -0.25) is 9.59 Å². The van der Waals surface area contributed by atoms with Crippen LogP contribution >= 0.6 is 0 Å². The van der Waals surface area contributed by atoms with Crippen LogP contribution in [0, 0.1) is 0 Å². The molecule has 1 aliphatic rings. The quantitative estimate of drug-likeness (QED) is 0.485. The third kappa shape index (κ3) is 3.98. The fourth-order valence-corrected chi connectivity index (χ4v) is 3.64. The molecule has 1 aromatic heterocycles. The Morgan fingerprint density at radius 1 is 1.29 bits per heavy atom. The van der Waals surface area contributed by atoms with Crippen molar-refractivity contribution in [2.24, 2.45) is 12.8 Å². The zero-order chi connectivity index (χ0) is 22.1. The minimum Gasteiger partial charge on any atom is -0.494 e. The number of aliphatic hydroxyl groups is 1. The number of morpholine rings is 1. The molecule has 1 fully saturated rings. The number of ether oxygens (including phenoxy) is 1. The summed E-state index contributed by atoms with van der Waals surface area (Å²) in [5.74, 6) is -1.17. The number of aromatic nitrogens is 1. The van der Waals surface area contributed by atoms with E-state index in [4.69, 9.17) is 10.5 Å². The molecule has 0 spiro atoms. The fourth-order valence-electron chi connectivity index (χ4n) is 3.64. The van der Waals surface area contributed by atoms with E-state index >= 15 is 0 Å². The van der Waals surface area contributed by atoms with E-state index in [9.17, 15) is 19.8 Å². The molecular formula is C22H24N4O5. The highest BCUT2D eigenvalue weighted by atomic mass is 16.5. The number of hydrogen-bond acceptors (Lipinski definition) is 6. The second-order valence-corrected chi connectivity index (χ2v) is 7.45. The summed E-state index contributed by atoms with van der Waals surface area (Å²) < 4.78 is 7.03. The summed E-state index contributed by atoms with van der Waals surface area (Å²) in [6.45, 7) is 0.803. The Kier molecular flexibility index (Phi) is 5.64. The Hall–Kier alpha value is -3.40. The Labute approximate surface area is 178 Å². The number of benzene rings is 2. The molecule has 2 atom stereocenters. The zero-order valence-electron chi connectivity index (χ0n) is 17.0. The normalized spacial score (nSPS) is 17.7. The van der Waals surface area contributed by atoms with E-state index in [0.29, 0.717) is 23.3 Å². The summed E-state index contributed by atoms with van der Waals surface area (Å²) in [6, 6.07) is 12.1. The van der Waals surface area contributed by atoms with E-state index in [-0.39, 0.29) is 19.0 Å². The lowest BCUT2D eigenvalue weighted by molar-refractivity contribution is -0.150. The summed E-state index contributed by atoms with van der Waals surface area (Å²) in [5.41, 5.74) is 7.50. The van der Waals surface area contributed by atoms with Crippen molar-refractivity contribution in [3.63, 3.8) is 0 Å². The van der Waals surface area contributed by atoms with Crippen molar-refractivity contribution in [1.82, 2.24) is 4.57 Å². The first-order chi connectivity index (χ1) is 14.9. The van der Waals surface area contributed by atoms with Crippen molar-refractivity contribution in [2.45, 2.75) is 18.8 Å². The van der Waals surface area contributed by atoms with Crippen molar-refractivity contribution in [1.29, 1.82) is 0 Å². The third-order valence-electron chi connectivity index (χ3n) is 5.39. The van der Waals surface area contributed by atoms with Gasteiger partial charge in [-0.1, -0.05) is 18.2 Å². The Balaban J connectivity index is 1.51. The van der Waals surface area contributed by atoms with E-state index in [1.807, 2.05) is 0 Å². The maximum Gasteiger partial charge on any atom is 0.259 e. The fraction of sp³-hybridized carbons (Fsp3) is 0.273. The monoisotopic (exact) mass is 424 g/mol. The molecule has 9 nitrogen and oxygen atoms in total. The van der Waals surface area contributed by atoms with Crippen LogP contribution in [0.3, 0.4) is 0 Å². The van der Waals surface area contributed by atoms with Crippen molar-refractivity contribution in [3.8, 4) is 5.88 Å². The summed E-state index contributed by atoms with van der Waals surface area (Å²) in [6.07, 6.45) is -1.23. The molecule has 162 valence electrons. The molecule has 1 saturated heterocycles. The zero-order valence-corrected chi connectivity index (χ0v) is 17.0. The molecule has 0 radical (unpaired) electrons. The van der Waals surface area contributed by atoms with Gasteiger partial charge in [0, 0.05) is 48.5 Å². The second-order valence-electron chi connectivity index (χ2n) is 7.45. The Morgan fingerprint density at radius 3 is 2.74 bits per heavy atom. The first-order valence-corrected chi connectivity index (χ1v) is 9.88. The molecule has 2 amide bonds. The molecule has 2 aromatic carbocycles. The smallest absolute Gasteiger partial charge is 0.259 e. The predicted octanol–water partition coefficient (Wildman–Crippen LogP) is 1.07. The third-order valence-corrected chi connectivity index (χ3v) is 5.39. The van der Waals surface area contributed by atoms with E-state index in [1.165, 1.54) is 4.90 Å². The van der Waals surface area contributed by atoms with Crippen LogP contribution in [-0.4, -0.2) is 52.0 Å². The van der Waals surface area contributed by atoms with Crippen molar-refractivity contribution in [3.05, 3.63) is 54.2 Å². The van der Waals surface area contributed by atoms with Gasteiger partial charge in [0.25, 0.3) is 11.8 Å². The first-order valence-electron chi connectivity index (χ1n) is 9.88. The lowest BCUT2D eigenvalue weighted by atomic mass is 10.1. The molecule has 9 heteroatoms. The van der Waals surface area contributed by atoms with Gasteiger partial charge in [-0.25, -0.2) is 0 Å². The van der Waals surface area contributed by atoms with Crippen molar-refractivity contribution in [2.75, 3.05) is 23.4 Å². The molecule has 0 bridgehead atoms. The van der Waals surface area contributed by atoms with E-state index < -0.39 is 24.0 Å². The molecule has 0 aliphatic carbocycles. The molecule has 0 saturated carbocycles. The molecule has 5 N–H and O–H groups in total. The second kappa shape index (κ2) is 8.38. The topological polar surface area (TPSA) is 130 Å². The van der Waals surface area contributed by atoms with Gasteiger partial charge in [-0.2, -0.15) is 0 Å². The summed E-state index contributed by atoms with van der Waals surface area (Å²) in [5, 5.41) is 24.7. The molecule has 3 aromatic rings. The van der Waals surface area contributed by atoms with Gasteiger partial charge in [0.05, 0.1) is 6.61 Å². The highest BCUT2D eigenvalue weighted by molar-refractivity contribution is 6.05. The van der Waals surface area contributed by atoms with E-state index in [0.717, 1.165) is 10.9 Å².